The molecule has 2 heterocycles. The minimum atomic E-state index is -0.0740. The fourth-order valence-corrected chi connectivity index (χ4v) is 3.58. The number of carbonyl (C=O) groups is 1. The summed E-state index contributed by atoms with van der Waals surface area (Å²) in [6, 6.07) is 17.7. The Balaban J connectivity index is 1.36. The number of ether oxygens (including phenoxy) is 1. The average Bonchev–Trinajstić information content (AvgIpc) is 2.75. The summed E-state index contributed by atoms with van der Waals surface area (Å²) in [5, 5.41) is 4.04. The number of fused-ring (bicyclic) bond motifs is 1. The molecule has 2 amide bonds. The molecule has 28 heavy (non-hydrogen) atoms. The number of urea groups is 1. The number of amides is 2. The van der Waals surface area contributed by atoms with Crippen LogP contribution in [0.1, 0.15) is 5.56 Å². The van der Waals surface area contributed by atoms with Crippen LogP contribution in [-0.2, 0) is 6.54 Å². The Kier molecular flexibility index (Phi) is 5.39. The topological polar surface area (TPSA) is 57.7 Å². The van der Waals surface area contributed by atoms with Gasteiger partial charge in [0.25, 0.3) is 0 Å². The number of nitrogens with zero attached hydrogens (tertiary/aromatic N) is 3. The molecular weight excluding hydrogens is 352 g/mol. The lowest BCUT2D eigenvalue weighted by atomic mass is 10.1. The lowest BCUT2D eigenvalue weighted by Gasteiger charge is -2.34. The summed E-state index contributed by atoms with van der Waals surface area (Å²) in [7, 11) is 1.70. The number of para-hydroxylation sites is 2. The minimum absolute atomic E-state index is 0.0740. The van der Waals surface area contributed by atoms with Crippen LogP contribution in [-0.4, -0.2) is 54.1 Å². The van der Waals surface area contributed by atoms with Gasteiger partial charge >= 0.3 is 6.03 Å². The third-order valence-corrected chi connectivity index (χ3v) is 5.12. The highest BCUT2D eigenvalue weighted by atomic mass is 16.5. The molecule has 1 aromatic heterocycles. The molecular formula is C22H24N4O2. The van der Waals surface area contributed by atoms with E-state index >= 15 is 0 Å². The van der Waals surface area contributed by atoms with Crippen LogP contribution in [0.4, 0.5) is 10.5 Å². The lowest BCUT2D eigenvalue weighted by molar-refractivity contribution is 0.142. The Hall–Kier alpha value is -3.12. The van der Waals surface area contributed by atoms with Crippen molar-refractivity contribution in [1.29, 1.82) is 0 Å². The quantitative estimate of drug-likeness (QED) is 0.756. The molecule has 1 aliphatic heterocycles. The highest BCUT2D eigenvalue weighted by Crippen LogP contribution is 2.22. The third-order valence-electron chi connectivity index (χ3n) is 5.12. The molecule has 0 bridgehead atoms. The van der Waals surface area contributed by atoms with Crippen molar-refractivity contribution in [3.63, 3.8) is 0 Å². The zero-order valence-corrected chi connectivity index (χ0v) is 16.0. The molecule has 0 saturated carbocycles. The first-order valence-corrected chi connectivity index (χ1v) is 9.48. The molecule has 0 spiro atoms. The van der Waals surface area contributed by atoms with E-state index < -0.39 is 0 Å². The second-order valence-electron chi connectivity index (χ2n) is 6.89. The Morgan fingerprint density at radius 2 is 1.82 bits per heavy atom. The van der Waals surface area contributed by atoms with E-state index in [0.29, 0.717) is 13.1 Å². The SMILES string of the molecule is COc1ccccc1CN1CCN(C(=O)Nc2cccc3cccnc23)CC1. The van der Waals surface area contributed by atoms with Gasteiger partial charge in [-0.1, -0.05) is 36.4 Å². The first kappa shape index (κ1) is 18.3. The number of pyridine rings is 1. The van der Waals surface area contributed by atoms with Crippen molar-refractivity contribution in [2.75, 3.05) is 38.6 Å². The van der Waals surface area contributed by atoms with Gasteiger partial charge in [-0.05, 0) is 18.2 Å². The van der Waals surface area contributed by atoms with Crippen LogP contribution in [0.5, 0.6) is 5.75 Å². The van der Waals surface area contributed by atoms with E-state index in [4.69, 9.17) is 4.74 Å². The molecule has 0 radical (unpaired) electrons. The molecule has 0 unspecified atom stereocenters. The molecule has 1 N–H and O–H groups in total. The molecule has 0 atom stereocenters. The van der Waals surface area contributed by atoms with Gasteiger partial charge in [0, 0.05) is 49.9 Å². The van der Waals surface area contributed by atoms with E-state index in [9.17, 15) is 4.79 Å². The van der Waals surface area contributed by atoms with E-state index in [-0.39, 0.29) is 6.03 Å². The molecule has 6 nitrogen and oxygen atoms in total. The Labute approximate surface area is 164 Å². The maximum atomic E-state index is 12.7. The highest BCUT2D eigenvalue weighted by molar-refractivity contribution is 5.99. The fourth-order valence-electron chi connectivity index (χ4n) is 3.58. The zero-order chi connectivity index (χ0) is 19.3. The molecule has 2 aromatic carbocycles. The van der Waals surface area contributed by atoms with Crippen LogP contribution >= 0.6 is 0 Å². The van der Waals surface area contributed by atoms with E-state index in [1.807, 2.05) is 53.4 Å². The van der Waals surface area contributed by atoms with Gasteiger partial charge in [0.2, 0.25) is 0 Å². The van der Waals surface area contributed by atoms with Crippen molar-refractivity contribution < 1.29 is 9.53 Å². The number of methoxy groups -OCH3 is 1. The summed E-state index contributed by atoms with van der Waals surface area (Å²) in [5.41, 5.74) is 2.73. The number of hydrogen-bond acceptors (Lipinski definition) is 4. The molecule has 144 valence electrons. The van der Waals surface area contributed by atoms with Crippen molar-refractivity contribution >= 4 is 22.6 Å². The molecule has 1 fully saturated rings. The monoisotopic (exact) mass is 376 g/mol. The van der Waals surface area contributed by atoms with Gasteiger partial charge in [-0.25, -0.2) is 4.79 Å². The summed E-state index contributed by atoms with van der Waals surface area (Å²) in [6.07, 6.45) is 1.74. The van der Waals surface area contributed by atoms with Crippen LogP contribution < -0.4 is 10.1 Å². The molecule has 0 aliphatic carbocycles. The third kappa shape index (κ3) is 3.92. The fraction of sp³-hybridized carbons (Fsp3) is 0.273. The van der Waals surface area contributed by atoms with Gasteiger partial charge in [-0.3, -0.25) is 9.88 Å². The predicted molar refractivity (Wildman–Crippen MR) is 111 cm³/mol. The van der Waals surface area contributed by atoms with Crippen LogP contribution in [0, 0.1) is 0 Å². The van der Waals surface area contributed by atoms with Gasteiger partial charge < -0.3 is 15.0 Å². The predicted octanol–water partition coefficient (Wildman–Crippen LogP) is 3.59. The van der Waals surface area contributed by atoms with Gasteiger partial charge in [-0.2, -0.15) is 0 Å². The minimum Gasteiger partial charge on any atom is -0.496 e. The van der Waals surface area contributed by atoms with Crippen molar-refractivity contribution in [2.45, 2.75) is 6.54 Å². The Morgan fingerprint density at radius 3 is 2.64 bits per heavy atom. The summed E-state index contributed by atoms with van der Waals surface area (Å²) in [5.74, 6) is 0.908. The summed E-state index contributed by atoms with van der Waals surface area (Å²) in [4.78, 5) is 21.3. The summed E-state index contributed by atoms with van der Waals surface area (Å²) >= 11 is 0. The highest BCUT2D eigenvalue weighted by Gasteiger charge is 2.22. The number of piperazine rings is 1. The average molecular weight is 376 g/mol. The maximum absolute atomic E-state index is 12.7. The number of aromatic nitrogens is 1. The molecule has 1 saturated heterocycles. The van der Waals surface area contributed by atoms with Crippen LogP contribution in [0.15, 0.2) is 60.8 Å². The molecule has 3 aromatic rings. The van der Waals surface area contributed by atoms with E-state index in [0.717, 1.165) is 42.0 Å². The van der Waals surface area contributed by atoms with Crippen molar-refractivity contribution in [2.24, 2.45) is 0 Å². The van der Waals surface area contributed by atoms with Crippen molar-refractivity contribution in [1.82, 2.24) is 14.8 Å². The van der Waals surface area contributed by atoms with Gasteiger partial charge in [-0.15, -0.1) is 0 Å². The summed E-state index contributed by atoms with van der Waals surface area (Å²) < 4.78 is 5.44. The Bertz CT molecular complexity index is 962. The normalized spacial score (nSPS) is 14.8. The van der Waals surface area contributed by atoms with Crippen LogP contribution in [0.3, 0.4) is 0 Å². The molecule has 1 aliphatic rings. The van der Waals surface area contributed by atoms with Crippen molar-refractivity contribution in [3.05, 3.63) is 66.4 Å². The number of benzene rings is 2. The molecule has 4 rings (SSSR count). The van der Waals surface area contributed by atoms with Gasteiger partial charge in [0.1, 0.15) is 5.75 Å². The second-order valence-corrected chi connectivity index (χ2v) is 6.89. The summed E-state index contributed by atoms with van der Waals surface area (Å²) in [6.45, 7) is 3.88. The van der Waals surface area contributed by atoms with E-state index in [1.54, 1.807) is 13.3 Å². The number of rotatable bonds is 4. The standard InChI is InChI=1S/C22H24N4O2/c1-28-20-10-3-2-6-18(20)16-25-12-14-26(15-13-25)22(27)24-19-9-4-7-17-8-5-11-23-21(17)19/h2-11H,12-16H2,1H3,(H,24,27). The molecule has 6 heteroatoms. The van der Waals surface area contributed by atoms with Crippen LogP contribution in [0.25, 0.3) is 10.9 Å². The number of nitrogens with one attached hydrogen (secondary N) is 1. The van der Waals surface area contributed by atoms with Gasteiger partial charge in [0.15, 0.2) is 0 Å². The number of anilines is 1. The van der Waals surface area contributed by atoms with Crippen molar-refractivity contribution in [3.8, 4) is 5.75 Å². The maximum Gasteiger partial charge on any atom is 0.321 e. The van der Waals surface area contributed by atoms with Gasteiger partial charge in [0.05, 0.1) is 18.3 Å². The largest absolute Gasteiger partial charge is 0.496 e. The van der Waals surface area contributed by atoms with E-state index in [1.165, 1.54) is 5.56 Å². The van der Waals surface area contributed by atoms with E-state index in [2.05, 4.69) is 21.3 Å². The number of hydrogen-bond donors (Lipinski definition) is 1. The smallest absolute Gasteiger partial charge is 0.321 e. The number of carbonyl (C=O) groups excluding carboxylic acids is 1. The Morgan fingerprint density at radius 1 is 1.04 bits per heavy atom. The van der Waals surface area contributed by atoms with Crippen LogP contribution in [0.2, 0.25) is 0 Å². The zero-order valence-electron chi connectivity index (χ0n) is 16.0. The second kappa shape index (κ2) is 8.27. The first-order chi connectivity index (χ1) is 13.7. The first-order valence-electron chi connectivity index (χ1n) is 9.48. The lowest BCUT2D eigenvalue weighted by Crippen LogP contribution is -2.49.